The predicted octanol–water partition coefficient (Wildman–Crippen LogP) is 7.52. The fourth-order valence-corrected chi connectivity index (χ4v) is 5.47. The summed E-state index contributed by atoms with van der Waals surface area (Å²) in [5.41, 5.74) is -2.38. The molecular formula is C21H44NO4PS2. The molecule has 0 aromatic rings. The zero-order valence-corrected chi connectivity index (χ0v) is 21.1. The second-order valence-corrected chi connectivity index (χ2v) is 13.1. The molecule has 1 aliphatic rings. The van der Waals surface area contributed by atoms with E-state index >= 15 is 0 Å². The maximum absolute atomic E-state index is 11.7. The molecular weight excluding hydrogens is 425 g/mol. The Hall–Kier alpha value is 0.350. The SMILES string of the molecule is CCCCCCCCCCCCCCCCCC(=O)OCC1COP(=S)(S)O1.N. The van der Waals surface area contributed by atoms with E-state index in [1.807, 2.05) is 0 Å². The van der Waals surface area contributed by atoms with Gasteiger partial charge in [-0.05, 0) is 18.2 Å². The van der Waals surface area contributed by atoms with Crippen molar-refractivity contribution in [2.75, 3.05) is 13.2 Å². The lowest BCUT2D eigenvalue weighted by Gasteiger charge is -2.10. The molecule has 0 bridgehead atoms. The van der Waals surface area contributed by atoms with Crippen LogP contribution in [0.5, 0.6) is 0 Å². The van der Waals surface area contributed by atoms with E-state index in [9.17, 15) is 4.79 Å². The molecule has 1 aliphatic heterocycles. The average molecular weight is 470 g/mol. The maximum Gasteiger partial charge on any atom is 0.305 e. The molecule has 3 N–H and O–H groups in total. The first-order chi connectivity index (χ1) is 13.5. The second-order valence-electron chi connectivity index (χ2n) is 7.87. The highest BCUT2D eigenvalue weighted by molar-refractivity contribution is 8.60. The summed E-state index contributed by atoms with van der Waals surface area (Å²) in [6, 6.07) is 0. The third kappa shape index (κ3) is 17.7. The molecule has 0 aliphatic carbocycles. The summed E-state index contributed by atoms with van der Waals surface area (Å²) in [6.45, 7) is 2.86. The summed E-state index contributed by atoms with van der Waals surface area (Å²) in [6.07, 6.45) is 20.1. The zero-order chi connectivity index (χ0) is 20.5. The topological polar surface area (TPSA) is 79.8 Å². The number of thiol groups is 1. The molecule has 1 fully saturated rings. The Bertz CT molecular complexity index is 454. The van der Waals surface area contributed by atoms with E-state index in [4.69, 9.17) is 25.6 Å². The minimum atomic E-state index is -2.38. The lowest BCUT2D eigenvalue weighted by atomic mass is 10.0. The standard InChI is InChI=1S/C21H41O4PS2.H3N/c1-2-3-4-5-6-7-8-9-10-11-12-13-14-15-16-17-21(22)23-18-20-19-24-26(27,28)25-20;/h20H,2-19H2,1H3,(H,27,28);1H3. The van der Waals surface area contributed by atoms with E-state index in [0.29, 0.717) is 13.0 Å². The lowest BCUT2D eigenvalue weighted by molar-refractivity contribution is -0.145. The minimum absolute atomic E-state index is 0. The van der Waals surface area contributed by atoms with Crippen molar-refractivity contribution in [2.45, 2.75) is 116 Å². The van der Waals surface area contributed by atoms with Gasteiger partial charge in [0, 0.05) is 6.42 Å². The van der Waals surface area contributed by atoms with Gasteiger partial charge in [-0.3, -0.25) is 4.79 Å². The highest BCUT2D eigenvalue weighted by Gasteiger charge is 2.30. The molecule has 0 aromatic carbocycles. The van der Waals surface area contributed by atoms with Gasteiger partial charge in [0.1, 0.15) is 12.7 Å². The number of carbonyl (C=O) groups is 1. The van der Waals surface area contributed by atoms with Crippen molar-refractivity contribution in [1.29, 1.82) is 0 Å². The van der Waals surface area contributed by atoms with Crippen LogP contribution in [0.15, 0.2) is 0 Å². The summed E-state index contributed by atoms with van der Waals surface area (Å²) in [5.74, 6) is -0.155. The van der Waals surface area contributed by atoms with Gasteiger partial charge in [-0.15, -0.1) is 0 Å². The largest absolute Gasteiger partial charge is 0.463 e. The summed E-state index contributed by atoms with van der Waals surface area (Å²) >= 11 is 9.16. The first-order valence-electron chi connectivity index (χ1n) is 11.3. The number of unbranched alkanes of at least 4 members (excludes halogenated alkanes) is 14. The third-order valence-corrected chi connectivity index (χ3v) is 7.36. The van der Waals surface area contributed by atoms with Crippen molar-refractivity contribution in [2.24, 2.45) is 0 Å². The fourth-order valence-electron chi connectivity index (χ4n) is 3.40. The summed E-state index contributed by atoms with van der Waals surface area (Å²) in [4.78, 5) is 11.7. The van der Waals surface area contributed by atoms with Crippen LogP contribution in [-0.2, 0) is 30.4 Å². The maximum atomic E-state index is 11.7. The van der Waals surface area contributed by atoms with Crippen molar-refractivity contribution in [3.8, 4) is 0 Å². The van der Waals surface area contributed by atoms with Gasteiger partial charge in [0.25, 0.3) is 0 Å². The van der Waals surface area contributed by atoms with E-state index in [1.165, 1.54) is 83.5 Å². The lowest BCUT2D eigenvalue weighted by Crippen LogP contribution is -2.20. The number of esters is 1. The molecule has 0 radical (unpaired) electrons. The predicted molar refractivity (Wildman–Crippen MR) is 130 cm³/mol. The van der Waals surface area contributed by atoms with Crippen LogP contribution in [0, 0.1) is 0 Å². The van der Waals surface area contributed by atoms with Crippen LogP contribution in [-0.4, -0.2) is 25.3 Å². The van der Waals surface area contributed by atoms with Gasteiger partial charge >= 0.3 is 5.97 Å². The Morgan fingerprint density at radius 1 is 0.931 bits per heavy atom. The molecule has 0 amide bonds. The molecule has 1 rings (SSSR count). The Morgan fingerprint density at radius 2 is 1.38 bits per heavy atom. The number of ether oxygens (including phenoxy) is 1. The van der Waals surface area contributed by atoms with Crippen LogP contribution in [0.1, 0.15) is 110 Å². The number of hydrogen-bond donors (Lipinski definition) is 2. The molecule has 2 unspecified atom stereocenters. The van der Waals surface area contributed by atoms with Crippen LogP contribution >= 0.6 is 17.9 Å². The molecule has 0 spiro atoms. The smallest absolute Gasteiger partial charge is 0.305 e. The van der Waals surface area contributed by atoms with E-state index < -0.39 is 5.69 Å². The molecule has 0 saturated carbocycles. The Balaban J connectivity index is 0.00000784. The van der Waals surface area contributed by atoms with Crippen molar-refractivity contribution >= 4 is 35.7 Å². The molecule has 174 valence electrons. The van der Waals surface area contributed by atoms with Gasteiger partial charge < -0.3 is 19.9 Å². The summed E-state index contributed by atoms with van der Waals surface area (Å²) in [7, 11) is 0. The van der Waals surface area contributed by atoms with E-state index in [0.717, 1.165) is 12.8 Å². The fraction of sp³-hybridized carbons (Fsp3) is 0.952. The molecule has 29 heavy (non-hydrogen) atoms. The zero-order valence-electron chi connectivity index (χ0n) is 18.4. The Labute approximate surface area is 189 Å². The number of hydrogen-bond acceptors (Lipinski definition) is 6. The Morgan fingerprint density at radius 3 is 1.79 bits per heavy atom. The van der Waals surface area contributed by atoms with Crippen LogP contribution in [0.3, 0.4) is 0 Å². The van der Waals surface area contributed by atoms with Crippen LogP contribution in [0.25, 0.3) is 0 Å². The van der Waals surface area contributed by atoms with E-state index in [-0.39, 0.29) is 24.8 Å². The van der Waals surface area contributed by atoms with Gasteiger partial charge in [0.05, 0.1) is 6.61 Å². The van der Waals surface area contributed by atoms with Gasteiger partial charge in [-0.1, -0.05) is 109 Å². The van der Waals surface area contributed by atoms with Crippen molar-refractivity contribution in [3.63, 3.8) is 0 Å². The number of carbonyl (C=O) groups excluding carboxylic acids is 1. The first kappa shape index (κ1) is 29.4. The summed E-state index contributed by atoms with van der Waals surface area (Å²) in [5, 5.41) is 0. The molecule has 2 atom stereocenters. The van der Waals surface area contributed by atoms with Crippen molar-refractivity contribution in [1.82, 2.24) is 6.15 Å². The second kappa shape index (κ2) is 19.1. The molecule has 1 saturated heterocycles. The quantitative estimate of drug-likeness (QED) is 0.0935. The van der Waals surface area contributed by atoms with Gasteiger partial charge in [-0.2, -0.15) is 0 Å². The highest BCUT2D eigenvalue weighted by Crippen LogP contribution is 2.58. The van der Waals surface area contributed by atoms with Crippen LogP contribution in [0.4, 0.5) is 0 Å². The van der Waals surface area contributed by atoms with Crippen molar-refractivity contribution in [3.05, 3.63) is 0 Å². The Kier molecular flexibility index (Phi) is 19.3. The minimum Gasteiger partial charge on any atom is -0.463 e. The average Bonchev–Trinajstić information content (AvgIpc) is 3.02. The molecule has 0 aromatic heterocycles. The van der Waals surface area contributed by atoms with E-state index in [2.05, 4.69) is 19.2 Å². The van der Waals surface area contributed by atoms with Crippen LogP contribution < -0.4 is 6.15 Å². The third-order valence-electron chi connectivity index (χ3n) is 5.12. The van der Waals surface area contributed by atoms with Crippen LogP contribution in [0.2, 0.25) is 0 Å². The van der Waals surface area contributed by atoms with Crippen molar-refractivity contribution < 1.29 is 18.6 Å². The highest BCUT2D eigenvalue weighted by atomic mass is 32.9. The van der Waals surface area contributed by atoms with Gasteiger partial charge in [0.2, 0.25) is 5.69 Å². The summed E-state index contributed by atoms with van der Waals surface area (Å²) < 4.78 is 15.9. The molecule has 1 heterocycles. The van der Waals surface area contributed by atoms with E-state index in [1.54, 1.807) is 0 Å². The normalized spacial score (nSPS) is 21.1. The monoisotopic (exact) mass is 469 g/mol. The molecule has 8 heteroatoms. The number of rotatable bonds is 18. The first-order valence-corrected chi connectivity index (χ1v) is 15.1. The van der Waals surface area contributed by atoms with Gasteiger partial charge in [-0.25, -0.2) is 0 Å². The molecule has 5 nitrogen and oxygen atoms in total. The van der Waals surface area contributed by atoms with Gasteiger partial charge in [0.15, 0.2) is 0 Å².